The highest BCUT2D eigenvalue weighted by Crippen LogP contribution is 2.15. The number of nitrogens with two attached hydrogens (primary N) is 1. The third-order valence-electron chi connectivity index (χ3n) is 1.87. The molecule has 14 heavy (non-hydrogen) atoms. The molecule has 0 amide bonds. The summed E-state index contributed by atoms with van der Waals surface area (Å²) in [5.41, 5.74) is 4.78. The van der Waals surface area contributed by atoms with Gasteiger partial charge in [0, 0.05) is 12.4 Å². The predicted octanol–water partition coefficient (Wildman–Crippen LogP) is 1.26. The lowest BCUT2D eigenvalue weighted by atomic mass is 10.1. The van der Waals surface area contributed by atoms with Crippen molar-refractivity contribution >= 4 is 0 Å². The first kappa shape index (κ1) is 10.8. The van der Waals surface area contributed by atoms with Gasteiger partial charge in [0.05, 0.1) is 6.04 Å². The zero-order valence-electron chi connectivity index (χ0n) is 8.62. The van der Waals surface area contributed by atoms with Crippen molar-refractivity contribution in [1.29, 1.82) is 0 Å². The van der Waals surface area contributed by atoms with Crippen LogP contribution in [0, 0.1) is 6.92 Å². The fourth-order valence-electron chi connectivity index (χ4n) is 1.16. The molecule has 1 aromatic heterocycles. The quantitative estimate of drug-likeness (QED) is 0.428. The van der Waals surface area contributed by atoms with Gasteiger partial charge < -0.3 is 0 Å². The number of aromatic nitrogens is 2. The molecule has 1 rings (SSSR count). The van der Waals surface area contributed by atoms with Gasteiger partial charge in [-0.05, 0) is 25.8 Å². The van der Waals surface area contributed by atoms with Crippen LogP contribution in [0.25, 0.3) is 0 Å². The van der Waals surface area contributed by atoms with Crippen LogP contribution in [-0.4, -0.2) is 9.97 Å². The van der Waals surface area contributed by atoms with Gasteiger partial charge in [0.1, 0.15) is 5.82 Å². The molecular formula is C10H16N4. The van der Waals surface area contributed by atoms with Crippen LogP contribution >= 0.6 is 0 Å². The molecule has 0 saturated heterocycles. The summed E-state index contributed by atoms with van der Waals surface area (Å²) in [5.74, 6) is 6.13. The van der Waals surface area contributed by atoms with Crippen molar-refractivity contribution in [3.05, 3.63) is 35.9 Å². The standard InChI is InChI=1S/C10H16N4/c1-7(2)4-9(14-11)10-12-5-8(3)6-13-10/h5-6,9,14H,1,4,11H2,2-3H3. The number of aryl methyl sites for hydroxylation is 1. The molecule has 0 spiro atoms. The minimum absolute atomic E-state index is 0.0481. The van der Waals surface area contributed by atoms with Gasteiger partial charge in [0.2, 0.25) is 0 Å². The Bertz CT molecular complexity index is 304. The van der Waals surface area contributed by atoms with E-state index < -0.39 is 0 Å². The third-order valence-corrected chi connectivity index (χ3v) is 1.87. The third kappa shape index (κ3) is 2.90. The topological polar surface area (TPSA) is 63.8 Å². The molecule has 3 N–H and O–H groups in total. The van der Waals surface area contributed by atoms with Crippen LogP contribution < -0.4 is 11.3 Å². The van der Waals surface area contributed by atoms with E-state index >= 15 is 0 Å². The lowest BCUT2D eigenvalue weighted by Crippen LogP contribution is -2.29. The van der Waals surface area contributed by atoms with Crippen LogP contribution in [-0.2, 0) is 0 Å². The van der Waals surface area contributed by atoms with E-state index in [0.717, 1.165) is 17.6 Å². The van der Waals surface area contributed by atoms with Gasteiger partial charge in [-0.25, -0.2) is 15.4 Å². The molecule has 4 heteroatoms. The normalized spacial score (nSPS) is 12.5. The summed E-state index contributed by atoms with van der Waals surface area (Å²) in [7, 11) is 0. The minimum atomic E-state index is -0.0481. The zero-order chi connectivity index (χ0) is 10.6. The Labute approximate surface area is 84.2 Å². The van der Waals surface area contributed by atoms with Crippen molar-refractivity contribution in [2.24, 2.45) is 5.84 Å². The van der Waals surface area contributed by atoms with E-state index in [1.54, 1.807) is 12.4 Å². The average molecular weight is 192 g/mol. The Morgan fingerprint density at radius 3 is 2.57 bits per heavy atom. The maximum absolute atomic E-state index is 5.42. The van der Waals surface area contributed by atoms with E-state index in [1.807, 2.05) is 13.8 Å². The van der Waals surface area contributed by atoms with Gasteiger partial charge in [0.25, 0.3) is 0 Å². The second kappa shape index (κ2) is 4.83. The largest absolute Gasteiger partial charge is 0.271 e. The van der Waals surface area contributed by atoms with Crippen LogP contribution in [0.4, 0.5) is 0 Å². The first-order valence-corrected chi connectivity index (χ1v) is 4.52. The van der Waals surface area contributed by atoms with E-state index in [1.165, 1.54) is 0 Å². The predicted molar refractivity (Wildman–Crippen MR) is 56.3 cm³/mol. The lowest BCUT2D eigenvalue weighted by molar-refractivity contribution is 0.521. The highest BCUT2D eigenvalue weighted by Gasteiger charge is 2.11. The van der Waals surface area contributed by atoms with E-state index in [4.69, 9.17) is 5.84 Å². The van der Waals surface area contributed by atoms with Crippen molar-refractivity contribution in [3.63, 3.8) is 0 Å². The van der Waals surface area contributed by atoms with Crippen LogP contribution in [0.3, 0.4) is 0 Å². The number of nitrogens with one attached hydrogen (secondary N) is 1. The molecule has 0 bridgehead atoms. The highest BCUT2D eigenvalue weighted by molar-refractivity contribution is 5.07. The lowest BCUT2D eigenvalue weighted by Gasteiger charge is -2.13. The second-order valence-corrected chi connectivity index (χ2v) is 3.50. The van der Waals surface area contributed by atoms with Crippen LogP contribution in [0.5, 0.6) is 0 Å². The van der Waals surface area contributed by atoms with Crippen molar-refractivity contribution in [1.82, 2.24) is 15.4 Å². The van der Waals surface area contributed by atoms with E-state index in [-0.39, 0.29) is 6.04 Å². The van der Waals surface area contributed by atoms with E-state index in [0.29, 0.717) is 5.82 Å². The molecule has 0 aliphatic heterocycles. The van der Waals surface area contributed by atoms with Gasteiger partial charge in [-0.2, -0.15) is 0 Å². The molecule has 0 radical (unpaired) electrons. The maximum atomic E-state index is 5.42. The zero-order valence-corrected chi connectivity index (χ0v) is 8.62. The van der Waals surface area contributed by atoms with Gasteiger partial charge in [-0.1, -0.05) is 5.57 Å². The SMILES string of the molecule is C=C(C)CC(NN)c1ncc(C)cn1. The molecule has 1 aromatic rings. The molecule has 0 aromatic carbocycles. The number of rotatable bonds is 4. The van der Waals surface area contributed by atoms with Gasteiger partial charge >= 0.3 is 0 Å². The molecule has 0 fully saturated rings. The minimum Gasteiger partial charge on any atom is -0.271 e. The number of hydrazine groups is 1. The number of hydrogen-bond donors (Lipinski definition) is 2. The van der Waals surface area contributed by atoms with Gasteiger partial charge in [-0.3, -0.25) is 5.84 Å². The highest BCUT2D eigenvalue weighted by atomic mass is 15.2. The summed E-state index contributed by atoms with van der Waals surface area (Å²) in [5, 5.41) is 0. The van der Waals surface area contributed by atoms with Crippen LogP contribution in [0.15, 0.2) is 24.5 Å². The Kier molecular flexibility index (Phi) is 3.73. The first-order valence-electron chi connectivity index (χ1n) is 4.52. The Hall–Kier alpha value is -1.26. The molecule has 1 heterocycles. The van der Waals surface area contributed by atoms with Crippen molar-refractivity contribution in [3.8, 4) is 0 Å². The Balaban J connectivity index is 2.78. The van der Waals surface area contributed by atoms with Crippen molar-refractivity contribution in [2.75, 3.05) is 0 Å². The average Bonchev–Trinajstić information content (AvgIpc) is 2.15. The second-order valence-electron chi connectivity index (χ2n) is 3.50. The van der Waals surface area contributed by atoms with Crippen LogP contribution in [0.1, 0.15) is 30.8 Å². The molecule has 0 saturated carbocycles. The monoisotopic (exact) mass is 192 g/mol. The molecule has 1 atom stereocenters. The van der Waals surface area contributed by atoms with E-state index in [2.05, 4.69) is 22.0 Å². The fourth-order valence-corrected chi connectivity index (χ4v) is 1.16. The summed E-state index contributed by atoms with van der Waals surface area (Å²) >= 11 is 0. The number of hydrogen-bond acceptors (Lipinski definition) is 4. The molecular weight excluding hydrogens is 176 g/mol. The summed E-state index contributed by atoms with van der Waals surface area (Å²) < 4.78 is 0. The first-order chi connectivity index (χ1) is 6.63. The molecule has 4 nitrogen and oxygen atoms in total. The smallest absolute Gasteiger partial charge is 0.146 e. The summed E-state index contributed by atoms with van der Waals surface area (Å²) in [4.78, 5) is 8.42. The summed E-state index contributed by atoms with van der Waals surface area (Å²) in [6, 6.07) is -0.0481. The van der Waals surface area contributed by atoms with Gasteiger partial charge in [0.15, 0.2) is 0 Å². The fraction of sp³-hybridized carbons (Fsp3) is 0.400. The van der Waals surface area contributed by atoms with Gasteiger partial charge in [-0.15, -0.1) is 6.58 Å². The van der Waals surface area contributed by atoms with Crippen molar-refractivity contribution in [2.45, 2.75) is 26.3 Å². The van der Waals surface area contributed by atoms with E-state index in [9.17, 15) is 0 Å². The molecule has 0 aliphatic rings. The summed E-state index contributed by atoms with van der Waals surface area (Å²) in [6.07, 6.45) is 4.32. The number of nitrogens with zero attached hydrogens (tertiary/aromatic N) is 2. The Morgan fingerprint density at radius 2 is 2.14 bits per heavy atom. The maximum Gasteiger partial charge on any atom is 0.146 e. The van der Waals surface area contributed by atoms with Crippen LogP contribution in [0.2, 0.25) is 0 Å². The van der Waals surface area contributed by atoms with Crippen molar-refractivity contribution < 1.29 is 0 Å². The molecule has 1 unspecified atom stereocenters. The summed E-state index contributed by atoms with van der Waals surface area (Å²) in [6.45, 7) is 7.74. The molecule has 76 valence electrons. The Morgan fingerprint density at radius 1 is 1.57 bits per heavy atom. The molecule has 0 aliphatic carbocycles.